The first kappa shape index (κ1) is 13.0. The van der Waals surface area contributed by atoms with E-state index < -0.39 is 0 Å². The van der Waals surface area contributed by atoms with E-state index in [0.717, 1.165) is 25.0 Å². The van der Waals surface area contributed by atoms with Gasteiger partial charge in [0.15, 0.2) is 0 Å². The molecule has 1 aromatic heterocycles. The normalized spacial score (nSPS) is 23.0. The third-order valence-electron chi connectivity index (χ3n) is 3.71. The van der Waals surface area contributed by atoms with Gasteiger partial charge in [-0.15, -0.1) is 0 Å². The number of carbonyl (C=O) groups is 1. The van der Waals surface area contributed by atoms with Crippen LogP contribution in [0.4, 0.5) is 0 Å². The summed E-state index contributed by atoms with van der Waals surface area (Å²) in [6.45, 7) is 0.571. The summed E-state index contributed by atoms with van der Waals surface area (Å²) in [5, 5.41) is 0. The van der Waals surface area contributed by atoms with Gasteiger partial charge >= 0.3 is 0 Å². The van der Waals surface area contributed by atoms with Crippen molar-refractivity contribution in [1.82, 2.24) is 9.88 Å². The van der Waals surface area contributed by atoms with Gasteiger partial charge in [-0.3, -0.25) is 9.78 Å². The molecule has 0 saturated heterocycles. The molecule has 0 radical (unpaired) electrons. The largest absolute Gasteiger partial charge is 0.340 e. The Morgan fingerprint density at radius 2 is 2.33 bits per heavy atom. The van der Waals surface area contributed by atoms with E-state index in [9.17, 15) is 4.79 Å². The summed E-state index contributed by atoms with van der Waals surface area (Å²) in [5.74, 6) is 0.534. The van der Waals surface area contributed by atoms with Gasteiger partial charge in [-0.1, -0.05) is 12.5 Å². The molecule has 2 atom stereocenters. The molecule has 0 aliphatic heterocycles. The van der Waals surface area contributed by atoms with Crippen molar-refractivity contribution in [3.05, 3.63) is 30.1 Å². The summed E-state index contributed by atoms with van der Waals surface area (Å²) >= 11 is 0. The van der Waals surface area contributed by atoms with Crippen LogP contribution >= 0.6 is 0 Å². The number of carbonyl (C=O) groups excluding carboxylic acids is 1. The summed E-state index contributed by atoms with van der Waals surface area (Å²) in [5.41, 5.74) is 6.92. The van der Waals surface area contributed by atoms with Gasteiger partial charge in [0.1, 0.15) is 0 Å². The van der Waals surface area contributed by atoms with Crippen molar-refractivity contribution in [1.29, 1.82) is 0 Å². The fourth-order valence-corrected chi connectivity index (χ4v) is 2.52. The summed E-state index contributed by atoms with van der Waals surface area (Å²) in [4.78, 5) is 18.1. The first-order valence-electron chi connectivity index (χ1n) is 6.56. The zero-order chi connectivity index (χ0) is 13.0. The molecule has 1 aromatic rings. The molecular weight excluding hydrogens is 226 g/mol. The second-order valence-electron chi connectivity index (χ2n) is 5.13. The Hall–Kier alpha value is -1.42. The van der Waals surface area contributed by atoms with Crippen LogP contribution in [0.5, 0.6) is 0 Å². The minimum Gasteiger partial charge on any atom is -0.340 e. The van der Waals surface area contributed by atoms with Crippen LogP contribution < -0.4 is 5.73 Å². The van der Waals surface area contributed by atoms with Crippen LogP contribution in [0, 0.1) is 5.92 Å². The van der Waals surface area contributed by atoms with E-state index in [-0.39, 0.29) is 11.9 Å². The maximum atomic E-state index is 12.1. The lowest BCUT2D eigenvalue weighted by Crippen LogP contribution is -2.32. The van der Waals surface area contributed by atoms with Gasteiger partial charge in [0, 0.05) is 25.7 Å². The quantitative estimate of drug-likeness (QED) is 0.878. The van der Waals surface area contributed by atoms with Crippen LogP contribution in [0.2, 0.25) is 0 Å². The number of pyridine rings is 1. The molecular formula is C14H21N3O. The maximum Gasteiger partial charge on any atom is 0.222 e. The lowest BCUT2D eigenvalue weighted by Gasteiger charge is -2.20. The fraction of sp³-hybridized carbons (Fsp3) is 0.571. The van der Waals surface area contributed by atoms with Gasteiger partial charge in [-0.05, 0) is 30.9 Å². The highest BCUT2D eigenvalue weighted by Gasteiger charge is 2.27. The Kier molecular flexibility index (Phi) is 4.31. The molecule has 1 saturated carbocycles. The highest BCUT2D eigenvalue weighted by Crippen LogP contribution is 2.27. The summed E-state index contributed by atoms with van der Waals surface area (Å²) < 4.78 is 0. The van der Waals surface area contributed by atoms with E-state index in [1.165, 1.54) is 0 Å². The standard InChI is InChI=1S/C14H21N3O/c1-17(10-12-6-2-3-8-16-12)14(18)9-11-5-4-7-13(11)15/h2-3,6,8,11,13H,4-5,7,9-10,15H2,1H3/t11-,13+/m0/s1. The Morgan fingerprint density at radius 3 is 2.94 bits per heavy atom. The Balaban J connectivity index is 1.85. The number of nitrogens with zero attached hydrogens (tertiary/aromatic N) is 2. The SMILES string of the molecule is CN(Cc1ccccn1)C(=O)C[C@@H]1CCC[C@H]1N. The number of aromatic nitrogens is 1. The molecule has 98 valence electrons. The highest BCUT2D eigenvalue weighted by molar-refractivity contribution is 5.76. The molecule has 0 unspecified atom stereocenters. The predicted molar refractivity (Wildman–Crippen MR) is 70.6 cm³/mol. The second-order valence-corrected chi connectivity index (χ2v) is 5.13. The van der Waals surface area contributed by atoms with Crippen molar-refractivity contribution in [2.24, 2.45) is 11.7 Å². The molecule has 18 heavy (non-hydrogen) atoms. The molecule has 0 bridgehead atoms. The highest BCUT2D eigenvalue weighted by atomic mass is 16.2. The van der Waals surface area contributed by atoms with Gasteiger partial charge < -0.3 is 10.6 Å². The van der Waals surface area contributed by atoms with Crippen LogP contribution in [-0.4, -0.2) is 28.9 Å². The summed E-state index contributed by atoms with van der Waals surface area (Å²) in [6, 6.07) is 5.96. The molecule has 1 heterocycles. The zero-order valence-corrected chi connectivity index (χ0v) is 10.9. The van der Waals surface area contributed by atoms with Gasteiger partial charge in [0.25, 0.3) is 0 Å². The molecule has 1 fully saturated rings. The number of hydrogen-bond donors (Lipinski definition) is 1. The molecule has 0 aromatic carbocycles. The van der Waals surface area contributed by atoms with Gasteiger partial charge in [0.05, 0.1) is 12.2 Å². The molecule has 4 heteroatoms. The average molecular weight is 247 g/mol. The lowest BCUT2D eigenvalue weighted by atomic mass is 9.99. The van der Waals surface area contributed by atoms with E-state index in [0.29, 0.717) is 18.9 Å². The third kappa shape index (κ3) is 3.29. The maximum absolute atomic E-state index is 12.1. The average Bonchev–Trinajstić information content (AvgIpc) is 2.76. The predicted octanol–water partition coefficient (Wildman–Crippen LogP) is 1.56. The summed E-state index contributed by atoms with van der Waals surface area (Å²) in [7, 11) is 1.83. The Bertz CT molecular complexity index is 393. The topological polar surface area (TPSA) is 59.2 Å². The van der Waals surface area contributed by atoms with Crippen molar-refractivity contribution in [2.45, 2.75) is 38.3 Å². The fourth-order valence-electron chi connectivity index (χ4n) is 2.52. The van der Waals surface area contributed by atoms with Crippen LogP contribution in [0.25, 0.3) is 0 Å². The lowest BCUT2D eigenvalue weighted by molar-refractivity contribution is -0.131. The smallest absolute Gasteiger partial charge is 0.222 e. The van der Waals surface area contributed by atoms with E-state index >= 15 is 0 Å². The van der Waals surface area contributed by atoms with Crippen LogP contribution in [0.3, 0.4) is 0 Å². The molecule has 0 spiro atoms. The van der Waals surface area contributed by atoms with Gasteiger partial charge in [-0.2, -0.15) is 0 Å². The van der Waals surface area contributed by atoms with E-state index in [1.54, 1.807) is 11.1 Å². The van der Waals surface area contributed by atoms with Crippen LogP contribution in [0.15, 0.2) is 24.4 Å². The number of nitrogens with two attached hydrogens (primary N) is 1. The van der Waals surface area contributed by atoms with Crippen LogP contribution in [-0.2, 0) is 11.3 Å². The monoisotopic (exact) mass is 247 g/mol. The van der Waals surface area contributed by atoms with E-state index in [4.69, 9.17) is 5.73 Å². The zero-order valence-electron chi connectivity index (χ0n) is 10.9. The van der Waals surface area contributed by atoms with Gasteiger partial charge in [-0.25, -0.2) is 0 Å². The van der Waals surface area contributed by atoms with Crippen molar-refractivity contribution >= 4 is 5.91 Å². The van der Waals surface area contributed by atoms with E-state index in [2.05, 4.69) is 4.98 Å². The minimum atomic E-state index is 0.169. The molecule has 1 aliphatic carbocycles. The van der Waals surface area contributed by atoms with Gasteiger partial charge in [0.2, 0.25) is 5.91 Å². The first-order chi connectivity index (χ1) is 8.66. The number of hydrogen-bond acceptors (Lipinski definition) is 3. The molecule has 4 nitrogen and oxygen atoms in total. The number of amides is 1. The van der Waals surface area contributed by atoms with Crippen molar-refractivity contribution in [3.8, 4) is 0 Å². The Labute approximate surface area is 108 Å². The third-order valence-corrected chi connectivity index (χ3v) is 3.71. The molecule has 2 N–H and O–H groups in total. The van der Waals surface area contributed by atoms with Crippen LogP contribution in [0.1, 0.15) is 31.4 Å². The molecule has 1 aliphatic rings. The minimum absolute atomic E-state index is 0.169. The number of rotatable bonds is 4. The molecule has 2 rings (SSSR count). The van der Waals surface area contributed by atoms with Crippen molar-refractivity contribution in [3.63, 3.8) is 0 Å². The van der Waals surface area contributed by atoms with E-state index in [1.807, 2.05) is 25.2 Å². The summed E-state index contributed by atoms with van der Waals surface area (Å²) in [6.07, 6.45) is 5.63. The second kappa shape index (κ2) is 5.96. The Morgan fingerprint density at radius 1 is 1.50 bits per heavy atom. The first-order valence-corrected chi connectivity index (χ1v) is 6.56. The molecule has 1 amide bonds. The van der Waals surface area contributed by atoms with Crippen molar-refractivity contribution < 1.29 is 4.79 Å². The van der Waals surface area contributed by atoms with Crippen molar-refractivity contribution in [2.75, 3.05) is 7.05 Å².